The number of phenolic OH excluding ortho intramolecular Hbond substituents is 1. The van der Waals surface area contributed by atoms with Gasteiger partial charge in [0.15, 0.2) is 8.32 Å². The first kappa shape index (κ1) is 47.6. The third-order valence-corrected chi connectivity index (χ3v) is 18.1. The van der Waals surface area contributed by atoms with Gasteiger partial charge in [-0.15, -0.1) is 0 Å². The van der Waals surface area contributed by atoms with Gasteiger partial charge in [0.1, 0.15) is 11.9 Å². The summed E-state index contributed by atoms with van der Waals surface area (Å²) in [6, 6.07) is 33.3. The zero-order valence-corrected chi connectivity index (χ0v) is 39.9. The summed E-state index contributed by atoms with van der Waals surface area (Å²) in [5.74, 6) is 1.11. The van der Waals surface area contributed by atoms with E-state index in [1.165, 1.54) is 17.2 Å². The van der Waals surface area contributed by atoms with Crippen molar-refractivity contribution in [2.45, 2.75) is 83.3 Å². The van der Waals surface area contributed by atoms with Gasteiger partial charge in [-0.2, -0.15) is 0 Å². The number of amides is 2. The van der Waals surface area contributed by atoms with Gasteiger partial charge in [0.05, 0.1) is 36.9 Å². The van der Waals surface area contributed by atoms with E-state index in [0.29, 0.717) is 56.6 Å². The first-order chi connectivity index (χ1) is 31.1. The summed E-state index contributed by atoms with van der Waals surface area (Å²) in [7, 11) is -0.393. The molecular formula is C52H67N5O7Si. The zero-order valence-electron chi connectivity index (χ0n) is 38.9. The number of aromatic hydroxyl groups is 1. The zero-order chi connectivity index (χ0) is 46.1. The van der Waals surface area contributed by atoms with E-state index in [2.05, 4.69) is 78.6 Å². The molecule has 2 fully saturated rings. The highest BCUT2D eigenvalue weighted by atomic mass is 28.4. The molecule has 1 aromatic heterocycles. The van der Waals surface area contributed by atoms with E-state index in [4.69, 9.17) is 13.9 Å². The Labute approximate surface area is 384 Å². The lowest BCUT2D eigenvalue weighted by Crippen LogP contribution is -2.44. The van der Waals surface area contributed by atoms with Crippen LogP contribution in [0.1, 0.15) is 62.8 Å². The molecule has 1 aliphatic heterocycles. The van der Waals surface area contributed by atoms with E-state index < -0.39 is 8.32 Å². The number of H-pyrrole nitrogens is 1. The molecule has 1 saturated carbocycles. The smallest absolute Gasteiger partial charge is 0.411 e. The topological polar surface area (TPSA) is 145 Å². The number of rotatable bonds is 19. The van der Waals surface area contributed by atoms with E-state index >= 15 is 0 Å². The average Bonchev–Trinajstić information content (AvgIpc) is 3.83. The van der Waals surface area contributed by atoms with Crippen molar-refractivity contribution in [2.75, 3.05) is 58.3 Å². The molecule has 0 radical (unpaired) electrons. The van der Waals surface area contributed by atoms with Gasteiger partial charge in [0, 0.05) is 63.3 Å². The first-order valence-electron chi connectivity index (χ1n) is 23.1. The SMILES string of the molecule is CN(CCNC[C@H](O[Si](C)(C)C(C)(C)C)c1ccc(O)c2[nH]c(=O)ccc12)C(=O)CCOCCc1ccc(CN2CC3CC(OC(=O)Nc4ccccc4-c4ccccc4)CC3C2)cc1. The number of fused-ring (bicyclic) bond motifs is 2. The van der Waals surface area contributed by atoms with Gasteiger partial charge in [-0.25, -0.2) is 4.79 Å². The van der Waals surface area contributed by atoms with Crippen LogP contribution in [0.15, 0.2) is 108 Å². The third-order valence-electron chi connectivity index (χ3n) is 13.6. The van der Waals surface area contributed by atoms with Gasteiger partial charge < -0.3 is 34.2 Å². The number of para-hydroxylation sites is 1. The van der Waals surface area contributed by atoms with Crippen molar-refractivity contribution in [1.29, 1.82) is 0 Å². The number of aromatic amines is 1. The Bertz CT molecular complexity index is 2420. The van der Waals surface area contributed by atoms with Crippen LogP contribution in [-0.4, -0.2) is 99.3 Å². The normalized spacial score (nSPS) is 18.1. The minimum absolute atomic E-state index is 0.0182. The number of likely N-dealkylation sites (tertiary alicyclic amines) is 1. The van der Waals surface area contributed by atoms with Crippen LogP contribution in [0.25, 0.3) is 22.0 Å². The van der Waals surface area contributed by atoms with Crippen LogP contribution in [0.3, 0.4) is 0 Å². The molecule has 7 rings (SSSR count). The molecule has 13 heteroatoms. The molecule has 4 N–H and O–H groups in total. The number of ether oxygens (including phenoxy) is 2. The van der Waals surface area contributed by atoms with Crippen LogP contribution in [0.2, 0.25) is 18.1 Å². The van der Waals surface area contributed by atoms with E-state index in [9.17, 15) is 19.5 Å². The Balaban J connectivity index is 0.777. The van der Waals surface area contributed by atoms with E-state index in [1.807, 2.05) is 67.7 Å². The Kier molecular flexibility index (Phi) is 15.6. The molecule has 5 aromatic rings. The molecule has 2 aliphatic rings. The maximum atomic E-state index is 13.0. The molecule has 65 heavy (non-hydrogen) atoms. The van der Waals surface area contributed by atoms with Gasteiger partial charge in [0.25, 0.3) is 0 Å². The molecule has 2 heterocycles. The highest BCUT2D eigenvalue weighted by molar-refractivity contribution is 6.74. The number of likely N-dealkylation sites (N-methyl/N-ethyl adjacent to an activating group) is 1. The second-order valence-corrected chi connectivity index (χ2v) is 24.1. The number of anilines is 1. The monoisotopic (exact) mass is 901 g/mol. The lowest BCUT2D eigenvalue weighted by Gasteiger charge is -2.39. The second kappa shape index (κ2) is 21.3. The highest BCUT2D eigenvalue weighted by Gasteiger charge is 2.42. The van der Waals surface area contributed by atoms with Crippen LogP contribution in [-0.2, 0) is 31.7 Å². The molecule has 1 aliphatic carbocycles. The van der Waals surface area contributed by atoms with Gasteiger partial charge in [-0.05, 0) is 89.7 Å². The molecule has 3 atom stereocenters. The Morgan fingerprint density at radius 2 is 1.58 bits per heavy atom. The largest absolute Gasteiger partial charge is 0.506 e. The summed E-state index contributed by atoms with van der Waals surface area (Å²) in [6.07, 6.45) is 2.11. The van der Waals surface area contributed by atoms with Gasteiger partial charge in [-0.1, -0.05) is 99.6 Å². The fraction of sp³-hybridized carbons (Fsp3) is 0.442. The fourth-order valence-electron chi connectivity index (χ4n) is 8.92. The molecule has 0 spiro atoms. The Hall–Kier alpha value is -5.31. The number of hydrogen-bond donors (Lipinski definition) is 4. The van der Waals surface area contributed by atoms with Crippen molar-refractivity contribution in [3.05, 3.63) is 130 Å². The number of aromatic nitrogens is 1. The van der Waals surface area contributed by atoms with Crippen molar-refractivity contribution in [3.8, 4) is 16.9 Å². The number of carbonyl (C=O) groups is 2. The number of nitrogens with zero attached hydrogens (tertiary/aromatic N) is 2. The number of phenols is 1. The van der Waals surface area contributed by atoms with Crippen molar-refractivity contribution < 1.29 is 28.6 Å². The fourth-order valence-corrected chi connectivity index (χ4v) is 10.2. The lowest BCUT2D eigenvalue weighted by molar-refractivity contribution is -0.131. The first-order valence-corrected chi connectivity index (χ1v) is 26.0. The summed E-state index contributed by atoms with van der Waals surface area (Å²) in [5, 5.41) is 17.7. The Morgan fingerprint density at radius 3 is 2.31 bits per heavy atom. The van der Waals surface area contributed by atoms with Gasteiger partial charge in [-0.3, -0.25) is 19.8 Å². The van der Waals surface area contributed by atoms with Crippen LogP contribution < -0.4 is 16.2 Å². The summed E-state index contributed by atoms with van der Waals surface area (Å²) in [4.78, 5) is 45.0. The van der Waals surface area contributed by atoms with Crippen LogP contribution in [0, 0.1) is 11.8 Å². The predicted octanol–water partition coefficient (Wildman–Crippen LogP) is 9.12. The molecule has 2 amide bonds. The van der Waals surface area contributed by atoms with E-state index in [1.54, 1.807) is 17.0 Å². The van der Waals surface area contributed by atoms with Gasteiger partial charge >= 0.3 is 6.09 Å². The lowest BCUT2D eigenvalue weighted by atomic mass is 10.0. The molecule has 4 aromatic carbocycles. The van der Waals surface area contributed by atoms with Crippen LogP contribution in [0.5, 0.6) is 5.75 Å². The summed E-state index contributed by atoms with van der Waals surface area (Å²) in [5.41, 5.74) is 6.27. The van der Waals surface area contributed by atoms with E-state index in [-0.39, 0.29) is 40.6 Å². The second-order valence-electron chi connectivity index (χ2n) is 19.3. The Morgan fingerprint density at radius 1 is 0.892 bits per heavy atom. The van der Waals surface area contributed by atoms with Crippen LogP contribution in [0.4, 0.5) is 10.5 Å². The van der Waals surface area contributed by atoms with Crippen molar-refractivity contribution in [3.63, 3.8) is 0 Å². The molecule has 0 bridgehead atoms. The summed E-state index contributed by atoms with van der Waals surface area (Å²) in [6.45, 7) is 16.5. The highest BCUT2D eigenvalue weighted by Crippen LogP contribution is 2.42. The minimum Gasteiger partial charge on any atom is -0.506 e. The maximum Gasteiger partial charge on any atom is 0.411 e. The minimum atomic E-state index is -2.21. The van der Waals surface area contributed by atoms with Crippen LogP contribution >= 0.6 is 0 Å². The maximum absolute atomic E-state index is 13.0. The standard InChI is InChI=1S/C52H67N5O7Si/c1-52(2,3)65(5,6)64-47(43-20-22-46(58)50-44(43)21-23-48(59)55-50)32-53-26-27-56(4)49(60)25-29-62-28-24-36-16-18-37(19-17-36)33-57-34-39-30-41(31-40(39)35-57)63-51(61)54-45-15-11-10-14-42(45)38-12-8-7-9-13-38/h7-23,39-41,47,53,58H,24-35H2,1-6H3,(H,54,61)(H,55,59)/t39?,40?,41?,47-/m0/s1. The van der Waals surface area contributed by atoms with Crippen molar-refractivity contribution in [1.82, 2.24) is 20.1 Å². The third kappa shape index (κ3) is 12.5. The van der Waals surface area contributed by atoms with E-state index in [0.717, 1.165) is 66.7 Å². The summed E-state index contributed by atoms with van der Waals surface area (Å²) < 4.78 is 18.7. The molecule has 2 unspecified atom stereocenters. The summed E-state index contributed by atoms with van der Waals surface area (Å²) >= 11 is 0. The molecule has 1 saturated heterocycles. The van der Waals surface area contributed by atoms with Gasteiger partial charge in [0.2, 0.25) is 11.5 Å². The molecule has 12 nitrogen and oxygen atoms in total. The number of benzene rings is 4. The number of nitrogens with one attached hydrogen (secondary N) is 3. The quantitative estimate of drug-likeness (QED) is 0.0471. The number of carbonyl (C=O) groups excluding carboxylic acids is 2. The average molecular weight is 902 g/mol. The van der Waals surface area contributed by atoms with Crippen molar-refractivity contribution in [2.24, 2.45) is 11.8 Å². The molecular weight excluding hydrogens is 835 g/mol. The van der Waals surface area contributed by atoms with Crippen molar-refractivity contribution >= 4 is 36.9 Å². The predicted molar refractivity (Wildman–Crippen MR) is 261 cm³/mol. The number of pyridine rings is 1. The molecule has 346 valence electrons. The number of hydrogen-bond acceptors (Lipinski definition) is 9.